The maximum atomic E-state index is 11.6. The van der Waals surface area contributed by atoms with Gasteiger partial charge < -0.3 is 4.74 Å². The Labute approximate surface area is 161 Å². The summed E-state index contributed by atoms with van der Waals surface area (Å²) in [7, 11) is 0. The minimum Gasteiger partial charge on any atom is -0.493 e. The number of carbonyl (C=O) groups excluding carboxylic acids is 2. The maximum absolute atomic E-state index is 11.6. The molecule has 3 aromatic carbocycles. The number of amides is 2. The summed E-state index contributed by atoms with van der Waals surface area (Å²) in [6.07, 6.45) is 2.53. The van der Waals surface area contributed by atoms with Crippen molar-refractivity contribution in [2.45, 2.75) is 6.42 Å². The predicted octanol–water partition coefficient (Wildman–Crippen LogP) is 4.79. The standard InChI is InChI=1S/C22H17NO3S/c24-21-20(27-22(25)23-21)14-15-6-9-19(10-7-15)26-12-11-16-5-8-17-3-1-2-4-18(17)13-16/h1-10,13-14H,11-12H2,(H,23,24,25). The number of imide groups is 1. The van der Waals surface area contributed by atoms with Crippen LogP contribution in [0.1, 0.15) is 11.1 Å². The zero-order valence-electron chi connectivity index (χ0n) is 14.5. The van der Waals surface area contributed by atoms with Crippen LogP contribution in [0.25, 0.3) is 16.8 Å². The smallest absolute Gasteiger partial charge is 0.290 e. The third-order valence-corrected chi connectivity index (χ3v) is 5.10. The highest BCUT2D eigenvalue weighted by Crippen LogP contribution is 2.26. The molecule has 1 heterocycles. The summed E-state index contributed by atoms with van der Waals surface area (Å²) < 4.78 is 5.83. The molecule has 0 aromatic heterocycles. The first-order chi connectivity index (χ1) is 13.2. The molecule has 4 rings (SSSR count). The summed E-state index contributed by atoms with van der Waals surface area (Å²) >= 11 is 0.915. The van der Waals surface area contributed by atoms with Crippen LogP contribution in [0, 0.1) is 0 Å². The Balaban J connectivity index is 1.35. The molecule has 1 N–H and O–H groups in total. The summed E-state index contributed by atoms with van der Waals surface area (Å²) in [5.74, 6) is 0.429. The molecular weight excluding hydrogens is 358 g/mol. The fourth-order valence-corrected chi connectivity index (χ4v) is 3.60. The molecule has 0 spiro atoms. The number of hydrogen-bond donors (Lipinski definition) is 1. The quantitative estimate of drug-likeness (QED) is 0.652. The van der Waals surface area contributed by atoms with Crippen LogP contribution in [0.3, 0.4) is 0 Å². The highest BCUT2D eigenvalue weighted by molar-refractivity contribution is 8.18. The molecule has 0 saturated carbocycles. The van der Waals surface area contributed by atoms with Gasteiger partial charge in [-0.05, 0) is 51.9 Å². The van der Waals surface area contributed by atoms with Crippen LogP contribution in [-0.4, -0.2) is 17.8 Å². The molecule has 4 nitrogen and oxygen atoms in total. The van der Waals surface area contributed by atoms with Crippen LogP contribution in [0.2, 0.25) is 0 Å². The molecule has 0 aliphatic carbocycles. The van der Waals surface area contributed by atoms with Gasteiger partial charge >= 0.3 is 0 Å². The van der Waals surface area contributed by atoms with E-state index >= 15 is 0 Å². The van der Waals surface area contributed by atoms with Gasteiger partial charge in [-0.15, -0.1) is 0 Å². The van der Waals surface area contributed by atoms with Gasteiger partial charge in [-0.2, -0.15) is 0 Å². The predicted molar refractivity (Wildman–Crippen MR) is 109 cm³/mol. The molecule has 1 aliphatic rings. The zero-order valence-corrected chi connectivity index (χ0v) is 15.3. The molecule has 0 unspecified atom stereocenters. The van der Waals surface area contributed by atoms with E-state index in [0.717, 1.165) is 29.5 Å². The molecule has 0 radical (unpaired) electrons. The van der Waals surface area contributed by atoms with Crippen molar-refractivity contribution in [1.82, 2.24) is 5.32 Å². The zero-order chi connectivity index (χ0) is 18.6. The van der Waals surface area contributed by atoms with Gasteiger partial charge in [0.15, 0.2) is 0 Å². The van der Waals surface area contributed by atoms with Crippen molar-refractivity contribution in [3.05, 3.63) is 82.8 Å². The Morgan fingerprint density at radius 2 is 1.70 bits per heavy atom. The SMILES string of the molecule is O=C1NC(=O)C(=Cc2ccc(OCCc3ccc4ccccc4c3)cc2)S1. The van der Waals surface area contributed by atoms with E-state index < -0.39 is 0 Å². The first-order valence-electron chi connectivity index (χ1n) is 8.63. The molecular formula is C22H17NO3S. The van der Waals surface area contributed by atoms with Gasteiger partial charge in [0.05, 0.1) is 11.5 Å². The van der Waals surface area contributed by atoms with Crippen molar-refractivity contribution in [3.63, 3.8) is 0 Å². The van der Waals surface area contributed by atoms with Crippen LogP contribution >= 0.6 is 11.8 Å². The van der Waals surface area contributed by atoms with Crippen LogP contribution in [0.5, 0.6) is 5.75 Å². The fourth-order valence-electron chi connectivity index (χ4n) is 2.91. The summed E-state index contributed by atoms with van der Waals surface area (Å²) in [4.78, 5) is 23.2. The van der Waals surface area contributed by atoms with E-state index in [4.69, 9.17) is 4.74 Å². The first kappa shape index (κ1) is 17.4. The van der Waals surface area contributed by atoms with Gasteiger partial charge in [-0.3, -0.25) is 14.9 Å². The van der Waals surface area contributed by atoms with E-state index in [1.807, 2.05) is 36.4 Å². The normalized spacial score (nSPS) is 15.3. The lowest BCUT2D eigenvalue weighted by molar-refractivity contribution is -0.115. The molecule has 0 bridgehead atoms. The Kier molecular flexibility index (Phi) is 4.94. The largest absolute Gasteiger partial charge is 0.493 e. The Hall–Kier alpha value is -3.05. The van der Waals surface area contributed by atoms with Gasteiger partial charge in [-0.25, -0.2) is 0 Å². The van der Waals surface area contributed by atoms with E-state index in [1.165, 1.54) is 16.3 Å². The highest BCUT2D eigenvalue weighted by Gasteiger charge is 2.24. The van der Waals surface area contributed by atoms with Gasteiger partial charge in [0.25, 0.3) is 11.1 Å². The number of fused-ring (bicyclic) bond motifs is 1. The van der Waals surface area contributed by atoms with Crippen LogP contribution in [-0.2, 0) is 11.2 Å². The van der Waals surface area contributed by atoms with E-state index in [-0.39, 0.29) is 11.1 Å². The number of ether oxygens (including phenoxy) is 1. The van der Waals surface area contributed by atoms with Crippen LogP contribution in [0.4, 0.5) is 4.79 Å². The number of benzene rings is 3. The second-order valence-corrected chi connectivity index (χ2v) is 7.22. The third-order valence-electron chi connectivity index (χ3n) is 4.29. The van der Waals surface area contributed by atoms with Crippen LogP contribution < -0.4 is 10.1 Å². The lowest BCUT2D eigenvalue weighted by Gasteiger charge is -2.07. The molecule has 0 atom stereocenters. The number of carbonyl (C=O) groups is 2. The number of thioether (sulfide) groups is 1. The van der Waals surface area contributed by atoms with E-state index in [2.05, 4.69) is 35.6 Å². The minimum absolute atomic E-state index is 0.333. The Bertz CT molecular complexity index is 1040. The average molecular weight is 375 g/mol. The van der Waals surface area contributed by atoms with E-state index in [1.54, 1.807) is 6.08 Å². The van der Waals surface area contributed by atoms with Crippen molar-refractivity contribution in [2.75, 3.05) is 6.61 Å². The molecule has 134 valence electrons. The molecule has 27 heavy (non-hydrogen) atoms. The monoisotopic (exact) mass is 375 g/mol. The second kappa shape index (κ2) is 7.68. The highest BCUT2D eigenvalue weighted by atomic mass is 32.2. The van der Waals surface area contributed by atoms with Crippen molar-refractivity contribution in [1.29, 1.82) is 0 Å². The van der Waals surface area contributed by atoms with Crippen LogP contribution in [0.15, 0.2) is 71.6 Å². The molecule has 3 aromatic rings. The van der Waals surface area contributed by atoms with Crippen molar-refractivity contribution in [3.8, 4) is 5.75 Å². The molecule has 1 saturated heterocycles. The fraction of sp³-hybridized carbons (Fsp3) is 0.0909. The molecule has 1 fully saturated rings. The number of nitrogens with one attached hydrogen (secondary N) is 1. The minimum atomic E-state index is -0.347. The van der Waals surface area contributed by atoms with Crippen molar-refractivity contribution < 1.29 is 14.3 Å². The average Bonchev–Trinajstić information content (AvgIpc) is 3.00. The van der Waals surface area contributed by atoms with E-state index in [9.17, 15) is 9.59 Å². The molecule has 1 aliphatic heterocycles. The van der Waals surface area contributed by atoms with E-state index in [0.29, 0.717) is 11.5 Å². The summed E-state index contributed by atoms with van der Waals surface area (Å²) in [6.45, 7) is 0.589. The number of rotatable bonds is 5. The Morgan fingerprint density at radius 1 is 0.926 bits per heavy atom. The first-order valence-corrected chi connectivity index (χ1v) is 9.44. The lowest BCUT2D eigenvalue weighted by Crippen LogP contribution is -2.17. The second-order valence-electron chi connectivity index (χ2n) is 6.20. The third kappa shape index (κ3) is 4.20. The summed E-state index contributed by atoms with van der Waals surface area (Å²) in [5, 5.41) is 4.39. The summed E-state index contributed by atoms with van der Waals surface area (Å²) in [5.41, 5.74) is 2.09. The summed E-state index contributed by atoms with van der Waals surface area (Å²) in [6, 6.07) is 22.2. The van der Waals surface area contributed by atoms with Gasteiger partial charge in [-0.1, -0.05) is 54.6 Å². The van der Waals surface area contributed by atoms with Gasteiger partial charge in [0.1, 0.15) is 5.75 Å². The lowest BCUT2D eigenvalue weighted by atomic mass is 10.1. The van der Waals surface area contributed by atoms with Crippen molar-refractivity contribution in [2.24, 2.45) is 0 Å². The molecule has 2 amide bonds. The van der Waals surface area contributed by atoms with Gasteiger partial charge in [0.2, 0.25) is 0 Å². The maximum Gasteiger partial charge on any atom is 0.290 e. The molecule has 5 heteroatoms. The van der Waals surface area contributed by atoms with Gasteiger partial charge in [0, 0.05) is 6.42 Å². The van der Waals surface area contributed by atoms with Crippen molar-refractivity contribution >= 4 is 39.8 Å². The Morgan fingerprint density at radius 3 is 2.44 bits per heavy atom. The topological polar surface area (TPSA) is 55.4 Å². The number of hydrogen-bond acceptors (Lipinski definition) is 4.